The fourth-order valence-corrected chi connectivity index (χ4v) is 4.94. The van der Waals surface area contributed by atoms with Gasteiger partial charge in [-0.1, -0.05) is 103 Å². The van der Waals surface area contributed by atoms with Gasteiger partial charge in [-0.15, -0.1) is 0 Å². The number of phosphoric ester groups is 1. The normalized spacial score (nSPS) is 14.7. The van der Waals surface area contributed by atoms with E-state index in [0.29, 0.717) is 24.2 Å². The summed E-state index contributed by atoms with van der Waals surface area (Å²) >= 11 is 0. The molecular formula is C31H65NO6P+. The molecule has 0 spiro atoms. The predicted octanol–water partition coefficient (Wildman–Crippen LogP) is 8.46. The zero-order valence-electron chi connectivity index (χ0n) is 26.4. The lowest BCUT2D eigenvalue weighted by molar-refractivity contribution is -0.870. The standard InChI is InChI=1S/C31H64NO6P/c1-6-7-8-9-10-11-12-13-14-15-16-17-18-19-20-21-22-23-24-25-27-36-29-31(35-5)30-38-39(33,34)37-28-26-32(2,3)4/h14-15,31H,6-13,16-30H2,1-5H3/p+1/b15-14-/t31-/m1/s1. The highest BCUT2D eigenvalue weighted by atomic mass is 31.2. The van der Waals surface area contributed by atoms with Crippen LogP contribution in [-0.4, -0.2) is 76.7 Å². The Bertz CT molecular complexity index is 596. The lowest BCUT2D eigenvalue weighted by Crippen LogP contribution is -2.37. The Morgan fingerprint density at radius 3 is 1.67 bits per heavy atom. The number of methoxy groups -OCH3 is 1. The van der Waals surface area contributed by atoms with Gasteiger partial charge >= 0.3 is 7.82 Å². The van der Waals surface area contributed by atoms with Crippen LogP contribution >= 0.6 is 7.82 Å². The first kappa shape index (κ1) is 38.7. The Labute approximate surface area is 242 Å². The third-order valence-corrected chi connectivity index (χ3v) is 7.86. The van der Waals surface area contributed by atoms with E-state index in [-0.39, 0.29) is 13.2 Å². The summed E-state index contributed by atoms with van der Waals surface area (Å²) in [6.07, 6.45) is 28.1. The van der Waals surface area contributed by atoms with Crippen molar-refractivity contribution in [3.63, 3.8) is 0 Å². The number of nitrogens with zero attached hydrogens (tertiary/aromatic N) is 1. The first-order valence-corrected chi connectivity index (χ1v) is 17.4. The Hall–Kier alpha value is -0.270. The van der Waals surface area contributed by atoms with E-state index in [4.69, 9.17) is 18.5 Å². The fraction of sp³-hybridized carbons (Fsp3) is 0.935. The van der Waals surface area contributed by atoms with Gasteiger partial charge in [0.15, 0.2) is 0 Å². The maximum Gasteiger partial charge on any atom is 0.472 e. The molecule has 2 atom stereocenters. The molecular weight excluding hydrogens is 513 g/mol. The first-order chi connectivity index (χ1) is 18.7. The molecule has 0 aliphatic heterocycles. The van der Waals surface area contributed by atoms with Gasteiger partial charge < -0.3 is 18.9 Å². The summed E-state index contributed by atoms with van der Waals surface area (Å²) in [5.74, 6) is 0. The summed E-state index contributed by atoms with van der Waals surface area (Å²) in [7, 11) is 3.44. The number of phosphoric acid groups is 1. The minimum absolute atomic E-state index is 0.0375. The molecule has 0 amide bonds. The Morgan fingerprint density at radius 1 is 0.692 bits per heavy atom. The molecule has 0 aromatic rings. The van der Waals surface area contributed by atoms with E-state index in [1.54, 1.807) is 7.11 Å². The highest BCUT2D eigenvalue weighted by molar-refractivity contribution is 7.47. The van der Waals surface area contributed by atoms with Gasteiger partial charge in [0, 0.05) is 13.7 Å². The first-order valence-electron chi connectivity index (χ1n) is 15.9. The van der Waals surface area contributed by atoms with E-state index in [1.165, 1.54) is 109 Å². The lowest BCUT2D eigenvalue weighted by Gasteiger charge is -2.24. The second kappa shape index (κ2) is 26.6. The molecule has 0 fully saturated rings. The number of unbranched alkanes of at least 4 members (excludes halogenated alkanes) is 16. The molecule has 0 saturated carbocycles. The molecule has 0 aliphatic carbocycles. The van der Waals surface area contributed by atoms with Gasteiger partial charge in [-0.05, 0) is 32.1 Å². The summed E-state index contributed by atoms with van der Waals surface area (Å²) in [6.45, 7) is 4.01. The molecule has 0 bridgehead atoms. The van der Waals surface area contributed by atoms with Crippen LogP contribution in [0, 0.1) is 0 Å². The van der Waals surface area contributed by atoms with Gasteiger partial charge in [0.25, 0.3) is 0 Å². The van der Waals surface area contributed by atoms with Crippen molar-refractivity contribution in [1.29, 1.82) is 0 Å². The molecule has 1 N–H and O–H groups in total. The molecule has 0 aromatic heterocycles. The van der Waals surface area contributed by atoms with E-state index in [9.17, 15) is 9.46 Å². The smallest absolute Gasteiger partial charge is 0.379 e. The molecule has 0 radical (unpaired) electrons. The van der Waals surface area contributed by atoms with Crippen molar-refractivity contribution in [1.82, 2.24) is 0 Å². The van der Waals surface area contributed by atoms with Gasteiger partial charge in [0.2, 0.25) is 0 Å². The van der Waals surface area contributed by atoms with Gasteiger partial charge in [-0.3, -0.25) is 9.05 Å². The number of allylic oxidation sites excluding steroid dienone is 2. The van der Waals surface area contributed by atoms with E-state index in [0.717, 1.165) is 6.42 Å². The number of likely N-dealkylation sites (N-methyl/N-ethyl adjacent to an activating group) is 1. The van der Waals surface area contributed by atoms with Crippen LogP contribution in [0.2, 0.25) is 0 Å². The Kier molecular flexibility index (Phi) is 26.4. The van der Waals surface area contributed by atoms with Crippen LogP contribution in [0.1, 0.15) is 122 Å². The quantitative estimate of drug-likeness (QED) is 0.0399. The van der Waals surface area contributed by atoms with Crippen LogP contribution in [0.3, 0.4) is 0 Å². The van der Waals surface area contributed by atoms with Crippen molar-refractivity contribution in [3.05, 3.63) is 12.2 Å². The van der Waals surface area contributed by atoms with Gasteiger partial charge in [0.1, 0.15) is 19.3 Å². The minimum atomic E-state index is -4.08. The molecule has 1 unspecified atom stereocenters. The van der Waals surface area contributed by atoms with Crippen LogP contribution in [0.15, 0.2) is 12.2 Å². The lowest BCUT2D eigenvalue weighted by atomic mass is 10.1. The number of ether oxygens (including phenoxy) is 2. The SMILES string of the molecule is CCCCCCCCC/C=C\CCCCCCCCCCCOC[C@H](COP(=O)(O)OCC[N+](C)(C)C)OC. The highest BCUT2D eigenvalue weighted by Crippen LogP contribution is 2.43. The number of rotatable bonds is 30. The fourth-order valence-electron chi connectivity index (χ4n) is 4.20. The van der Waals surface area contributed by atoms with E-state index >= 15 is 0 Å². The zero-order chi connectivity index (χ0) is 29.1. The van der Waals surface area contributed by atoms with Crippen molar-refractivity contribution in [2.75, 3.05) is 61.2 Å². The highest BCUT2D eigenvalue weighted by Gasteiger charge is 2.24. The molecule has 0 aliphatic rings. The molecule has 7 nitrogen and oxygen atoms in total. The Balaban J connectivity index is 3.46. The molecule has 0 rings (SSSR count). The number of hydrogen-bond acceptors (Lipinski definition) is 5. The van der Waals surface area contributed by atoms with Gasteiger partial charge in [-0.25, -0.2) is 4.57 Å². The number of hydrogen-bond donors (Lipinski definition) is 1. The average molecular weight is 579 g/mol. The molecule has 234 valence electrons. The molecule has 39 heavy (non-hydrogen) atoms. The van der Waals surface area contributed by atoms with Crippen LogP contribution in [-0.2, 0) is 23.1 Å². The van der Waals surface area contributed by atoms with Crippen molar-refractivity contribution < 1.29 is 32.5 Å². The largest absolute Gasteiger partial charge is 0.472 e. The molecule has 0 aromatic carbocycles. The van der Waals surface area contributed by atoms with E-state index < -0.39 is 13.9 Å². The molecule has 8 heteroatoms. The maximum absolute atomic E-state index is 12.0. The van der Waals surface area contributed by atoms with Crippen molar-refractivity contribution in [2.45, 2.75) is 129 Å². The van der Waals surface area contributed by atoms with Crippen LogP contribution in [0.25, 0.3) is 0 Å². The van der Waals surface area contributed by atoms with Crippen molar-refractivity contribution in [3.8, 4) is 0 Å². The third kappa shape index (κ3) is 30.5. The third-order valence-electron chi connectivity index (χ3n) is 6.88. The summed E-state index contributed by atoms with van der Waals surface area (Å²) in [6, 6.07) is 0. The second-order valence-electron chi connectivity index (χ2n) is 11.9. The predicted molar refractivity (Wildman–Crippen MR) is 164 cm³/mol. The zero-order valence-corrected chi connectivity index (χ0v) is 27.3. The molecule has 0 heterocycles. The summed E-state index contributed by atoms with van der Waals surface area (Å²) in [5, 5.41) is 0. The van der Waals surface area contributed by atoms with Crippen molar-refractivity contribution >= 4 is 7.82 Å². The van der Waals surface area contributed by atoms with Gasteiger partial charge in [-0.2, -0.15) is 0 Å². The van der Waals surface area contributed by atoms with E-state index in [1.807, 2.05) is 21.1 Å². The van der Waals surface area contributed by atoms with Crippen molar-refractivity contribution in [2.24, 2.45) is 0 Å². The van der Waals surface area contributed by atoms with Gasteiger partial charge in [0.05, 0.1) is 34.4 Å². The van der Waals surface area contributed by atoms with Crippen LogP contribution < -0.4 is 0 Å². The Morgan fingerprint density at radius 2 is 1.18 bits per heavy atom. The van der Waals surface area contributed by atoms with E-state index in [2.05, 4.69) is 19.1 Å². The summed E-state index contributed by atoms with van der Waals surface area (Å²) < 4.78 is 33.7. The summed E-state index contributed by atoms with van der Waals surface area (Å²) in [5.41, 5.74) is 0. The molecule has 0 saturated heterocycles. The maximum atomic E-state index is 12.0. The van der Waals surface area contributed by atoms with Crippen LogP contribution in [0.4, 0.5) is 0 Å². The average Bonchev–Trinajstić information content (AvgIpc) is 2.88. The second-order valence-corrected chi connectivity index (χ2v) is 13.3. The summed E-state index contributed by atoms with van der Waals surface area (Å²) in [4.78, 5) is 9.81. The minimum Gasteiger partial charge on any atom is -0.379 e. The number of quaternary nitrogens is 1. The topological polar surface area (TPSA) is 74.2 Å². The monoisotopic (exact) mass is 578 g/mol. The van der Waals surface area contributed by atoms with Crippen LogP contribution in [0.5, 0.6) is 0 Å².